The van der Waals surface area contributed by atoms with Gasteiger partial charge in [-0.1, -0.05) is 30.3 Å². The van der Waals surface area contributed by atoms with Crippen molar-refractivity contribution in [2.45, 2.75) is 18.5 Å². The van der Waals surface area contributed by atoms with Gasteiger partial charge in [0.1, 0.15) is 0 Å². The lowest BCUT2D eigenvalue weighted by atomic mass is 10.0. The number of hydrogen-bond donors (Lipinski definition) is 3. The molecule has 0 radical (unpaired) electrons. The molecule has 1 saturated heterocycles. The molecular formula is C11H14N2O2. The van der Waals surface area contributed by atoms with E-state index in [1.54, 1.807) is 0 Å². The highest BCUT2D eigenvalue weighted by Gasteiger charge is 2.28. The second-order valence-corrected chi connectivity index (χ2v) is 3.69. The molecule has 3 N–H and O–H groups in total. The van der Waals surface area contributed by atoms with Crippen LogP contribution in [0.25, 0.3) is 0 Å². The van der Waals surface area contributed by atoms with Gasteiger partial charge in [0.05, 0.1) is 12.1 Å². The van der Waals surface area contributed by atoms with Crippen molar-refractivity contribution in [3.63, 3.8) is 0 Å². The molecule has 1 aromatic rings. The predicted molar refractivity (Wildman–Crippen MR) is 56.8 cm³/mol. The molecule has 15 heavy (non-hydrogen) atoms. The van der Waals surface area contributed by atoms with E-state index in [4.69, 9.17) is 5.11 Å². The van der Waals surface area contributed by atoms with Crippen LogP contribution in [0.1, 0.15) is 18.0 Å². The Hall–Kier alpha value is -1.55. The molecule has 4 heteroatoms. The number of rotatable bonds is 2. The molecule has 1 aliphatic rings. The average molecular weight is 206 g/mol. The van der Waals surface area contributed by atoms with E-state index in [0.29, 0.717) is 0 Å². The summed E-state index contributed by atoms with van der Waals surface area (Å²) in [6.45, 7) is 0.852. The van der Waals surface area contributed by atoms with Gasteiger partial charge in [-0.15, -0.1) is 0 Å². The lowest BCUT2D eigenvalue weighted by molar-refractivity contribution is 0.188. The lowest BCUT2D eigenvalue weighted by Crippen LogP contribution is -2.37. The Labute approximate surface area is 88.3 Å². The molecule has 1 heterocycles. The Bertz CT molecular complexity index is 340. The van der Waals surface area contributed by atoms with E-state index in [1.165, 1.54) is 0 Å². The van der Waals surface area contributed by atoms with Crippen molar-refractivity contribution in [2.75, 3.05) is 6.54 Å². The van der Waals surface area contributed by atoms with Crippen LogP contribution in [0.3, 0.4) is 0 Å². The van der Waals surface area contributed by atoms with Crippen LogP contribution in [0.4, 0.5) is 4.79 Å². The molecule has 0 spiro atoms. The predicted octanol–water partition coefficient (Wildman–Crippen LogP) is 1.36. The molecule has 2 rings (SSSR count). The number of carbonyl (C=O) groups is 1. The van der Waals surface area contributed by atoms with E-state index in [-0.39, 0.29) is 12.1 Å². The van der Waals surface area contributed by atoms with E-state index >= 15 is 0 Å². The molecule has 0 aliphatic carbocycles. The maximum absolute atomic E-state index is 10.6. The molecule has 1 aliphatic heterocycles. The van der Waals surface area contributed by atoms with Gasteiger partial charge >= 0.3 is 6.09 Å². The normalized spacial score (nSPS) is 25.1. The lowest BCUT2D eigenvalue weighted by Gasteiger charge is -2.19. The van der Waals surface area contributed by atoms with Gasteiger partial charge in [-0.3, -0.25) is 0 Å². The van der Waals surface area contributed by atoms with Gasteiger partial charge in [-0.05, 0) is 18.5 Å². The zero-order valence-electron chi connectivity index (χ0n) is 8.31. The molecule has 1 aromatic carbocycles. The van der Waals surface area contributed by atoms with Crippen molar-refractivity contribution in [2.24, 2.45) is 0 Å². The number of amides is 1. The first-order chi connectivity index (χ1) is 7.27. The van der Waals surface area contributed by atoms with E-state index < -0.39 is 6.09 Å². The highest BCUT2D eigenvalue weighted by atomic mass is 16.4. The van der Waals surface area contributed by atoms with Gasteiger partial charge in [0, 0.05) is 0 Å². The quantitative estimate of drug-likeness (QED) is 0.684. The third kappa shape index (κ3) is 2.27. The minimum atomic E-state index is -0.954. The average Bonchev–Trinajstić information content (AvgIpc) is 2.66. The summed E-state index contributed by atoms with van der Waals surface area (Å²) >= 11 is 0. The summed E-state index contributed by atoms with van der Waals surface area (Å²) in [7, 11) is 0. The fourth-order valence-electron chi connectivity index (χ4n) is 2.03. The molecule has 0 saturated carbocycles. The maximum atomic E-state index is 10.6. The van der Waals surface area contributed by atoms with Gasteiger partial charge in [-0.25, -0.2) is 4.79 Å². The molecule has 4 nitrogen and oxygen atoms in total. The molecule has 1 fully saturated rings. The maximum Gasteiger partial charge on any atom is 0.404 e. The Kier molecular flexibility index (Phi) is 2.87. The Balaban J connectivity index is 2.11. The monoisotopic (exact) mass is 206 g/mol. The Morgan fingerprint density at radius 1 is 1.40 bits per heavy atom. The summed E-state index contributed by atoms with van der Waals surface area (Å²) in [5.74, 6) is 0. The zero-order valence-corrected chi connectivity index (χ0v) is 8.31. The minimum absolute atomic E-state index is 0.0232. The van der Waals surface area contributed by atoms with Crippen LogP contribution in [0.15, 0.2) is 30.3 Å². The van der Waals surface area contributed by atoms with Gasteiger partial charge in [0.15, 0.2) is 0 Å². The number of nitrogens with one attached hydrogen (secondary N) is 2. The molecular weight excluding hydrogens is 192 g/mol. The van der Waals surface area contributed by atoms with Crippen molar-refractivity contribution < 1.29 is 9.90 Å². The second-order valence-electron chi connectivity index (χ2n) is 3.69. The van der Waals surface area contributed by atoms with Gasteiger partial charge in [-0.2, -0.15) is 0 Å². The van der Waals surface area contributed by atoms with Crippen LogP contribution in [-0.2, 0) is 0 Å². The van der Waals surface area contributed by atoms with Gasteiger partial charge < -0.3 is 15.7 Å². The first kappa shape index (κ1) is 9.98. The van der Waals surface area contributed by atoms with Crippen LogP contribution in [0.5, 0.6) is 0 Å². The highest BCUT2D eigenvalue weighted by molar-refractivity contribution is 5.65. The SMILES string of the molecule is O=C(O)N[C@@H]1CCNC1c1ccccc1. The molecule has 2 atom stereocenters. The first-order valence-electron chi connectivity index (χ1n) is 5.05. The topological polar surface area (TPSA) is 61.4 Å². The highest BCUT2D eigenvalue weighted by Crippen LogP contribution is 2.23. The smallest absolute Gasteiger partial charge is 0.404 e. The van der Waals surface area contributed by atoms with Crippen molar-refractivity contribution in [3.8, 4) is 0 Å². The summed E-state index contributed by atoms with van der Waals surface area (Å²) < 4.78 is 0. The van der Waals surface area contributed by atoms with Crippen LogP contribution < -0.4 is 10.6 Å². The van der Waals surface area contributed by atoms with Crippen LogP contribution in [-0.4, -0.2) is 23.8 Å². The van der Waals surface area contributed by atoms with Gasteiger partial charge in [0.2, 0.25) is 0 Å². The number of hydrogen-bond acceptors (Lipinski definition) is 2. The van der Waals surface area contributed by atoms with Crippen molar-refractivity contribution in [3.05, 3.63) is 35.9 Å². The van der Waals surface area contributed by atoms with E-state index in [9.17, 15) is 4.79 Å². The van der Waals surface area contributed by atoms with Crippen LogP contribution in [0, 0.1) is 0 Å². The molecule has 1 amide bonds. The number of benzene rings is 1. The van der Waals surface area contributed by atoms with Crippen LogP contribution >= 0.6 is 0 Å². The van der Waals surface area contributed by atoms with E-state index in [2.05, 4.69) is 10.6 Å². The van der Waals surface area contributed by atoms with E-state index in [1.807, 2.05) is 30.3 Å². The standard InChI is InChI=1S/C11H14N2O2/c14-11(15)13-9-6-7-12-10(9)8-4-2-1-3-5-8/h1-5,9-10,12-13H,6-7H2,(H,14,15)/t9-,10?/m1/s1. The molecule has 0 aromatic heterocycles. The molecule has 1 unspecified atom stereocenters. The Morgan fingerprint density at radius 3 is 2.80 bits per heavy atom. The molecule has 0 bridgehead atoms. The summed E-state index contributed by atoms with van der Waals surface area (Å²) in [6, 6.07) is 9.99. The van der Waals surface area contributed by atoms with E-state index in [0.717, 1.165) is 18.5 Å². The number of carboxylic acid groups (broad SMARTS) is 1. The largest absolute Gasteiger partial charge is 0.465 e. The summed E-state index contributed by atoms with van der Waals surface area (Å²) in [6.07, 6.45) is -0.115. The Morgan fingerprint density at radius 2 is 2.13 bits per heavy atom. The van der Waals surface area contributed by atoms with Crippen LogP contribution in [0.2, 0.25) is 0 Å². The fraction of sp³-hybridized carbons (Fsp3) is 0.364. The first-order valence-corrected chi connectivity index (χ1v) is 5.05. The third-order valence-corrected chi connectivity index (χ3v) is 2.69. The van der Waals surface area contributed by atoms with Gasteiger partial charge in [0.25, 0.3) is 0 Å². The minimum Gasteiger partial charge on any atom is -0.465 e. The summed E-state index contributed by atoms with van der Waals surface area (Å²) in [5, 5.41) is 14.5. The second kappa shape index (κ2) is 4.31. The van der Waals surface area contributed by atoms with Crippen molar-refractivity contribution in [1.82, 2.24) is 10.6 Å². The summed E-state index contributed by atoms with van der Waals surface area (Å²) in [5.41, 5.74) is 1.13. The summed E-state index contributed by atoms with van der Waals surface area (Å²) in [4.78, 5) is 10.6. The van der Waals surface area contributed by atoms with Crippen molar-refractivity contribution >= 4 is 6.09 Å². The third-order valence-electron chi connectivity index (χ3n) is 2.69. The zero-order chi connectivity index (χ0) is 10.7. The molecule has 80 valence electrons. The van der Waals surface area contributed by atoms with Crippen molar-refractivity contribution in [1.29, 1.82) is 0 Å². The fourth-order valence-corrected chi connectivity index (χ4v) is 2.03.